The van der Waals surface area contributed by atoms with Gasteiger partial charge in [0.2, 0.25) is 0 Å². The summed E-state index contributed by atoms with van der Waals surface area (Å²) in [5.41, 5.74) is 6.66. The number of ether oxygens (including phenoxy) is 2. The summed E-state index contributed by atoms with van der Waals surface area (Å²) in [7, 11) is 0. The minimum Gasteiger partial charge on any atom is -0.456 e. The minimum atomic E-state index is -0.553. The van der Waals surface area contributed by atoms with Crippen LogP contribution >= 0.6 is 11.6 Å². The molecule has 2 aromatic rings. The zero-order valence-electron chi connectivity index (χ0n) is 13.8. The van der Waals surface area contributed by atoms with Crippen molar-refractivity contribution in [3.05, 3.63) is 47.2 Å². The Morgan fingerprint density at radius 3 is 2.58 bits per heavy atom. The van der Waals surface area contributed by atoms with Crippen molar-refractivity contribution in [3.8, 4) is 11.5 Å². The van der Waals surface area contributed by atoms with Gasteiger partial charge < -0.3 is 20.5 Å². The van der Waals surface area contributed by atoms with Crippen LogP contribution in [-0.4, -0.2) is 16.7 Å². The van der Waals surface area contributed by atoms with Crippen LogP contribution in [0.3, 0.4) is 0 Å². The molecular formula is C17H20ClN3O3. The number of rotatable bonds is 4. The van der Waals surface area contributed by atoms with Crippen LogP contribution in [0, 0.1) is 0 Å². The molecule has 1 aromatic heterocycles. The second-order valence-corrected chi connectivity index (χ2v) is 6.52. The minimum absolute atomic E-state index is 0.233. The second-order valence-electron chi connectivity index (χ2n) is 6.13. The van der Waals surface area contributed by atoms with Crippen molar-refractivity contribution < 1.29 is 14.3 Å². The zero-order valence-corrected chi connectivity index (χ0v) is 14.6. The van der Waals surface area contributed by atoms with Gasteiger partial charge in [0.15, 0.2) is 0 Å². The second kappa shape index (κ2) is 7.40. The Kier molecular flexibility index (Phi) is 5.51. The molecule has 128 valence electrons. The van der Waals surface area contributed by atoms with Gasteiger partial charge in [-0.3, -0.25) is 0 Å². The molecule has 0 fully saturated rings. The highest BCUT2D eigenvalue weighted by Crippen LogP contribution is 2.25. The van der Waals surface area contributed by atoms with E-state index in [-0.39, 0.29) is 6.54 Å². The van der Waals surface area contributed by atoms with E-state index in [1.165, 1.54) is 6.20 Å². The van der Waals surface area contributed by atoms with Gasteiger partial charge in [0.05, 0.1) is 6.20 Å². The fraction of sp³-hybridized carbons (Fsp3) is 0.294. The Morgan fingerprint density at radius 2 is 1.96 bits per heavy atom. The van der Waals surface area contributed by atoms with E-state index in [0.29, 0.717) is 22.3 Å². The number of anilines is 1. The average molecular weight is 350 g/mol. The van der Waals surface area contributed by atoms with Crippen molar-refractivity contribution in [3.63, 3.8) is 0 Å². The zero-order chi connectivity index (χ0) is 17.7. The van der Waals surface area contributed by atoms with E-state index in [2.05, 4.69) is 10.3 Å². The molecule has 1 heterocycles. The summed E-state index contributed by atoms with van der Waals surface area (Å²) in [5.74, 6) is 1.13. The maximum Gasteiger partial charge on any atom is 0.407 e. The van der Waals surface area contributed by atoms with Crippen LogP contribution in [0.2, 0.25) is 5.15 Å². The van der Waals surface area contributed by atoms with Crippen LogP contribution in [0.1, 0.15) is 26.3 Å². The highest BCUT2D eigenvalue weighted by molar-refractivity contribution is 6.29. The molecule has 24 heavy (non-hydrogen) atoms. The van der Waals surface area contributed by atoms with E-state index in [9.17, 15) is 4.79 Å². The lowest BCUT2D eigenvalue weighted by Gasteiger charge is -2.20. The summed E-state index contributed by atoms with van der Waals surface area (Å²) in [4.78, 5) is 15.7. The molecule has 6 nitrogen and oxygen atoms in total. The lowest BCUT2D eigenvalue weighted by molar-refractivity contribution is 0.0523. The molecule has 0 aliphatic rings. The number of alkyl carbamates (subject to hydrolysis) is 1. The summed E-state index contributed by atoms with van der Waals surface area (Å²) in [5, 5.41) is 3.06. The molecule has 0 aliphatic carbocycles. The number of nitrogens with one attached hydrogen (secondary N) is 1. The molecule has 2 rings (SSSR count). The molecule has 1 amide bonds. The molecule has 1 aromatic carbocycles. The van der Waals surface area contributed by atoms with E-state index in [1.807, 2.05) is 0 Å². The van der Waals surface area contributed by atoms with Gasteiger partial charge in [-0.25, -0.2) is 9.78 Å². The number of nitrogens with two attached hydrogens (primary N) is 1. The summed E-state index contributed by atoms with van der Waals surface area (Å²) < 4.78 is 10.9. The summed E-state index contributed by atoms with van der Waals surface area (Å²) in [6.45, 7) is 5.64. The number of carbonyl (C=O) groups excluding carboxylic acids is 1. The Morgan fingerprint density at radius 1 is 1.25 bits per heavy atom. The Hall–Kier alpha value is -2.47. The molecule has 0 saturated heterocycles. The predicted octanol–water partition coefficient (Wildman–Crippen LogP) is 4.13. The number of halogens is 1. The summed E-state index contributed by atoms with van der Waals surface area (Å²) in [6.07, 6.45) is 1.02. The van der Waals surface area contributed by atoms with Crippen LogP contribution in [0.5, 0.6) is 11.5 Å². The maximum atomic E-state index is 11.7. The van der Waals surface area contributed by atoms with E-state index < -0.39 is 11.7 Å². The fourth-order valence-electron chi connectivity index (χ4n) is 1.84. The van der Waals surface area contributed by atoms with Gasteiger partial charge in [-0.2, -0.15) is 0 Å². The lowest BCUT2D eigenvalue weighted by atomic mass is 10.1. The standard InChI is InChI=1S/C17H20ClN3O3/c1-17(2,3)24-16(22)21-9-11-8-12(4-6-14(11)19)23-13-5-7-15(18)20-10-13/h4-8,10H,9,19H2,1-3H3,(H,21,22). The lowest BCUT2D eigenvalue weighted by Crippen LogP contribution is -2.32. The van der Waals surface area contributed by atoms with Crippen LogP contribution < -0.4 is 15.8 Å². The maximum absolute atomic E-state index is 11.7. The van der Waals surface area contributed by atoms with Crippen LogP contribution in [-0.2, 0) is 11.3 Å². The predicted molar refractivity (Wildman–Crippen MR) is 93.2 cm³/mol. The number of benzene rings is 1. The average Bonchev–Trinajstić information content (AvgIpc) is 2.48. The molecular weight excluding hydrogens is 330 g/mol. The third-order valence-electron chi connectivity index (χ3n) is 2.87. The van der Waals surface area contributed by atoms with Gasteiger partial charge >= 0.3 is 6.09 Å². The molecule has 0 bridgehead atoms. The monoisotopic (exact) mass is 349 g/mol. The molecule has 0 radical (unpaired) electrons. The third-order valence-corrected chi connectivity index (χ3v) is 3.10. The number of amides is 1. The van der Waals surface area contributed by atoms with Crippen LogP contribution in [0.25, 0.3) is 0 Å². The van der Waals surface area contributed by atoms with Crippen molar-refractivity contribution in [1.29, 1.82) is 0 Å². The third kappa shape index (κ3) is 5.62. The highest BCUT2D eigenvalue weighted by Gasteiger charge is 2.16. The number of nitrogens with zero attached hydrogens (tertiary/aromatic N) is 1. The topological polar surface area (TPSA) is 86.5 Å². The van der Waals surface area contributed by atoms with E-state index >= 15 is 0 Å². The van der Waals surface area contributed by atoms with Gasteiger partial charge in [0.1, 0.15) is 22.3 Å². The quantitative estimate of drug-likeness (QED) is 0.640. The van der Waals surface area contributed by atoms with E-state index in [0.717, 1.165) is 5.56 Å². The van der Waals surface area contributed by atoms with Crippen molar-refractivity contribution >= 4 is 23.4 Å². The largest absolute Gasteiger partial charge is 0.456 e. The smallest absolute Gasteiger partial charge is 0.407 e. The number of hydrogen-bond acceptors (Lipinski definition) is 5. The van der Waals surface area contributed by atoms with Gasteiger partial charge in [0.25, 0.3) is 0 Å². The van der Waals surface area contributed by atoms with Gasteiger partial charge in [-0.1, -0.05) is 11.6 Å². The van der Waals surface area contributed by atoms with Crippen molar-refractivity contribution in [2.75, 3.05) is 5.73 Å². The fourth-order valence-corrected chi connectivity index (χ4v) is 1.95. The first kappa shape index (κ1) is 17.9. The van der Waals surface area contributed by atoms with Gasteiger partial charge in [0, 0.05) is 12.2 Å². The van der Waals surface area contributed by atoms with Crippen molar-refractivity contribution in [2.24, 2.45) is 0 Å². The molecule has 3 N–H and O–H groups in total. The van der Waals surface area contributed by atoms with E-state index in [4.69, 9.17) is 26.8 Å². The summed E-state index contributed by atoms with van der Waals surface area (Å²) in [6, 6.07) is 8.55. The number of carbonyl (C=O) groups is 1. The highest BCUT2D eigenvalue weighted by atomic mass is 35.5. The van der Waals surface area contributed by atoms with Gasteiger partial charge in [-0.15, -0.1) is 0 Å². The first-order valence-electron chi connectivity index (χ1n) is 7.37. The van der Waals surface area contributed by atoms with Crippen LogP contribution in [0.15, 0.2) is 36.5 Å². The number of aromatic nitrogens is 1. The number of hydrogen-bond donors (Lipinski definition) is 2. The first-order chi connectivity index (χ1) is 11.2. The Labute approximate surface area is 145 Å². The number of nitrogen functional groups attached to an aromatic ring is 1. The van der Waals surface area contributed by atoms with Gasteiger partial charge in [-0.05, 0) is 56.7 Å². The Balaban J connectivity index is 2.03. The van der Waals surface area contributed by atoms with Crippen LogP contribution in [0.4, 0.5) is 10.5 Å². The van der Waals surface area contributed by atoms with E-state index in [1.54, 1.807) is 51.1 Å². The molecule has 0 spiro atoms. The first-order valence-corrected chi connectivity index (χ1v) is 7.75. The molecule has 0 unspecified atom stereocenters. The molecule has 7 heteroatoms. The molecule has 0 aliphatic heterocycles. The number of pyridine rings is 1. The molecule has 0 atom stereocenters. The Bertz CT molecular complexity index is 712. The van der Waals surface area contributed by atoms with Crippen molar-refractivity contribution in [1.82, 2.24) is 10.3 Å². The van der Waals surface area contributed by atoms with Crippen molar-refractivity contribution in [2.45, 2.75) is 32.9 Å². The molecule has 0 saturated carbocycles. The SMILES string of the molecule is CC(C)(C)OC(=O)NCc1cc(Oc2ccc(Cl)nc2)ccc1N. The normalized spacial score (nSPS) is 11.0. The summed E-state index contributed by atoms with van der Waals surface area (Å²) >= 11 is 5.74.